The molecule has 1 saturated heterocycles. The Balaban J connectivity index is 1.81. The van der Waals surface area contributed by atoms with Crippen molar-refractivity contribution in [2.75, 3.05) is 25.6 Å². The molecular weight excluding hydrogens is 896 g/mol. The second kappa shape index (κ2) is 35.6. The molecule has 7 atom stereocenters. The van der Waals surface area contributed by atoms with Crippen LogP contribution in [0.2, 0.25) is 0 Å². The van der Waals surface area contributed by atoms with E-state index in [-0.39, 0.29) is 18.7 Å². The highest BCUT2D eigenvalue weighted by molar-refractivity contribution is 7.61. The molecule has 2 rings (SSSR count). The molecule has 1 fully saturated rings. The zero-order valence-corrected chi connectivity index (χ0v) is 41.6. The van der Waals surface area contributed by atoms with Crippen molar-refractivity contribution >= 4 is 33.4 Å². The maximum atomic E-state index is 12.8. The number of aromatic nitrogens is 2. The Hall–Kier alpha value is -2.50. The van der Waals surface area contributed by atoms with Crippen LogP contribution in [0.1, 0.15) is 200 Å². The van der Waals surface area contributed by atoms with Crippen LogP contribution >= 0.6 is 15.6 Å². The summed E-state index contributed by atoms with van der Waals surface area (Å²) in [6.45, 7) is 2.15. The van der Waals surface area contributed by atoms with Crippen LogP contribution in [0.4, 0.5) is 5.82 Å². The average Bonchev–Trinajstić information content (AvgIpc) is 3.55. The number of aliphatic hydroxyl groups excluding tert-OH is 2. The van der Waals surface area contributed by atoms with Gasteiger partial charge < -0.3 is 39.9 Å². The summed E-state index contributed by atoms with van der Waals surface area (Å²) in [5.74, 6) is -1.29. The molecule has 0 amide bonds. The molecule has 20 heteroatoms. The van der Waals surface area contributed by atoms with Crippen LogP contribution in [-0.2, 0) is 46.3 Å². The van der Waals surface area contributed by atoms with E-state index in [1.165, 1.54) is 102 Å². The first-order valence-corrected chi connectivity index (χ1v) is 27.7. The van der Waals surface area contributed by atoms with Gasteiger partial charge in [-0.3, -0.25) is 23.2 Å². The molecule has 2 heterocycles. The lowest BCUT2D eigenvalue weighted by atomic mass is 10.0. The molecule has 18 nitrogen and oxygen atoms in total. The van der Waals surface area contributed by atoms with E-state index in [1.807, 2.05) is 0 Å². The monoisotopic (exact) mass is 980 g/mol. The first-order valence-electron chi connectivity index (χ1n) is 24.7. The summed E-state index contributed by atoms with van der Waals surface area (Å²) < 4.78 is 56.7. The largest absolute Gasteiger partial charge is 0.481 e. The van der Waals surface area contributed by atoms with Gasteiger partial charge in [-0.25, -0.2) is 13.9 Å². The minimum atomic E-state index is -5.42. The summed E-state index contributed by atoms with van der Waals surface area (Å²) in [6, 6.07) is 1.25. The Kier molecular flexibility index (Phi) is 32.2. The predicted molar refractivity (Wildman–Crippen MR) is 252 cm³/mol. The van der Waals surface area contributed by atoms with Crippen molar-refractivity contribution in [2.45, 2.75) is 224 Å². The third kappa shape index (κ3) is 28.1. The van der Waals surface area contributed by atoms with Crippen molar-refractivity contribution in [3.05, 3.63) is 34.9 Å². The number of hydrogen-bond donors (Lipinski definition) is 5. The van der Waals surface area contributed by atoms with Gasteiger partial charge in [0.25, 0.3) is 0 Å². The lowest BCUT2D eigenvalue weighted by Crippen LogP contribution is -2.36. The first-order chi connectivity index (χ1) is 31.7. The summed E-state index contributed by atoms with van der Waals surface area (Å²) >= 11 is 0. The zero-order valence-electron chi connectivity index (χ0n) is 39.8. The number of esters is 2. The summed E-state index contributed by atoms with van der Waals surface area (Å²) in [4.78, 5) is 61.8. The van der Waals surface area contributed by atoms with Gasteiger partial charge in [-0.2, -0.15) is 9.29 Å². The number of phosphoric ester groups is 2. The lowest BCUT2D eigenvalue weighted by molar-refractivity contribution is -0.161. The molecule has 66 heavy (non-hydrogen) atoms. The molecule has 0 spiro atoms. The third-order valence-electron chi connectivity index (χ3n) is 11.4. The summed E-state index contributed by atoms with van der Waals surface area (Å²) in [5.41, 5.74) is 4.59. The van der Waals surface area contributed by atoms with E-state index in [1.54, 1.807) is 0 Å². The Morgan fingerprint density at radius 2 is 1.18 bits per heavy atom. The molecule has 1 aromatic heterocycles. The molecule has 6 N–H and O–H groups in total. The number of carbonyl (C=O) groups is 2. The van der Waals surface area contributed by atoms with Crippen LogP contribution in [0, 0.1) is 0 Å². The van der Waals surface area contributed by atoms with E-state index in [9.17, 15) is 43.5 Å². The minimum Gasteiger partial charge on any atom is -0.462 e. The second-order valence-electron chi connectivity index (χ2n) is 17.3. The van der Waals surface area contributed by atoms with E-state index < -0.39 is 83.7 Å². The number of nitrogen functional groups attached to an aromatic ring is 1. The van der Waals surface area contributed by atoms with Crippen LogP contribution in [0.25, 0.3) is 0 Å². The van der Waals surface area contributed by atoms with Crippen LogP contribution in [0.15, 0.2) is 29.2 Å². The maximum absolute atomic E-state index is 12.8. The smallest absolute Gasteiger partial charge is 0.462 e. The van der Waals surface area contributed by atoms with E-state index in [4.69, 9.17) is 29.0 Å². The van der Waals surface area contributed by atoms with Crippen LogP contribution in [-0.4, -0.2) is 85.7 Å². The van der Waals surface area contributed by atoms with Gasteiger partial charge in [0.05, 0.1) is 13.2 Å². The average molecular weight is 980 g/mol. The highest BCUT2D eigenvalue weighted by Crippen LogP contribution is 2.60. The molecule has 1 aliphatic heterocycles. The molecule has 3 unspecified atom stereocenters. The highest BCUT2D eigenvalue weighted by Gasteiger charge is 2.46. The van der Waals surface area contributed by atoms with Gasteiger partial charge in [-0.05, 0) is 44.6 Å². The molecule has 0 radical (unpaired) electrons. The van der Waals surface area contributed by atoms with Gasteiger partial charge in [0, 0.05) is 19.0 Å². The fourth-order valence-corrected chi connectivity index (χ4v) is 9.60. The molecular formula is C46H83N3O15P2. The van der Waals surface area contributed by atoms with E-state index in [2.05, 4.69) is 35.3 Å². The number of rotatable bonds is 41. The molecule has 0 aliphatic carbocycles. The van der Waals surface area contributed by atoms with Crippen molar-refractivity contribution in [3.63, 3.8) is 0 Å². The summed E-state index contributed by atoms with van der Waals surface area (Å²) in [7, 11) is -10.8. The minimum absolute atomic E-state index is 0.0538. The fraction of sp³-hybridized carbons (Fsp3) is 0.826. The number of nitrogens with two attached hydrogens (primary N) is 1. The molecule has 1 aromatic rings. The number of ether oxygens (including phenoxy) is 3. The topological polar surface area (TPSA) is 265 Å². The first kappa shape index (κ1) is 59.6. The standard InChI is InChI=1S/C46H83N3O15P2/c1-3-5-7-9-11-13-15-17-18-20-21-23-25-27-29-31-41(50)59-35-38(62-42(51)32-30-28-26-24-22-19-16-14-12-10-8-6-4-2)36-60-65(55,56)64-66(57,58)61-37-39-43(52)44(53)45(63-39)49-34-33-40(47)48-46(49)54/h17-18,33-34,38-39,43-45,52-53H,3-16,19-32,35-37H2,1-2H3,(H,55,56)(H,57,58)(H2,47,48,54)/b18-17-/t38-,39-,43+,44?,45-/m1/s1. The summed E-state index contributed by atoms with van der Waals surface area (Å²) in [5, 5.41) is 20.9. The van der Waals surface area contributed by atoms with E-state index in [0.717, 1.165) is 68.8 Å². The zero-order chi connectivity index (χ0) is 48.5. The molecule has 0 aromatic carbocycles. The van der Waals surface area contributed by atoms with Crippen molar-refractivity contribution < 1.29 is 66.3 Å². The third-order valence-corrected chi connectivity index (χ3v) is 14.0. The lowest BCUT2D eigenvalue weighted by Gasteiger charge is -2.21. The highest BCUT2D eigenvalue weighted by atomic mass is 31.3. The van der Waals surface area contributed by atoms with Crippen molar-refractivity contribution in [3.8, 4) is 0 Å². The van der Waals surface area contributed by atoms with Crippen molar-refractivity contribution in [2.24, 2.45) is 0 Å². The number of aliphatic hydroxyl groups is 2. The quantitative estimate of drug-likeness (QED) is 0.0177. The summed E-state index contributed by atoms with van der Waals surface area (Å²) in [6.07, 6.45) is 27.2. The van der Waals surface area contributed by atoms with Crippen LogP contribution in [0.5, 0.6) is 0 Å². The number of carbonyl (C=O) groups excluding carboxylic acids is 2. The van der Waals surface area contributed by atoms with E-state index >= 15 is 0 Å². The number of phosphoric acid groups is 2. The van der Waals surface area contributed by atoms with Gasteiger partial charge in [0.1, 0.15) is 30.7 Å². The number of hydrogen-bond acceptors (Lipinski definition) is 15. The maximum Gasteiger partial charge on any atom is 0.481 e. The SMILES string of the molecule is CCCCCCCC/C=C\CCCCCCCC(=O)OC[C@H](COP(=O)(O)OP(=O)(O)OC[C@H]1O[C@@H](n2ccc(N)nc2=O)C(O)[C@H]1O)OC(=O)CCCCCCCCCCCCCCC. The Bertz CT molecular complexity index is 1650. The number of nitrogens with zero attached hydrogens (tertiary/aromatic N) is 2. The number of allylic oxidation sites excluding steroid dienone is 2. The Morgan fingerprint density at radius 3 is 1.70 bits per heavy atom. The Labute approximate surface area is 392 Å². The van der Waals surface area contributed by atoms with Gasteiger partial charge >= 0.3 is 33.3 Å². The number of anilines is 1. The van der Waals surface area contributed by atoms with Gasteiger partial charge in [-0.1, -0.05) is 154 Å². The molecule has 0 bridgehead atoms. The fourth-order valence-electron chi connectivity index (χ4n) is 7.48. The van der Waals surface area contributed by atoms with E-state index in [0.29, 0.717) is 12.8 Å². The van der Waals surface area contributed by atoms with Gasteiger partial charge in [0.15, 0.2) is 12.3 Å². The molecule has 382 valence electrons. The normalized spacial score (nSPS) is 19.7. The van der Waals surface area contributed by atoms with Gasteiger partial charge in [-0.15, -0.1) is 0 Å². The Morgan fingerprint density at radius 1 is 0.712 bits per heavy atom. The van der Waals surface area contributed by atoms with Gasteiger partial charge in [0.2, 0.25) is 0 Å². The molecule has 1 aliphatic rings. The molecule has 0 saturated carbocycles. The predicted octanol–water partition coefficient (Wildman–Crippen LogP) is 9.67. The number of unbranched alkanes of at least 4 members (excludes halogenated alkanes) is 23. The van der Waals surface area contributed by atoms with Crippen LogP contribution in [0.3, 0.4) is 0 Å². The van der Waals surface area contributed by atoms with Crippen molar-refractivity contribution in [1.29, 1.82) is 0 Å². The van der Waals surface area contributed by atoms with Crippen LogP contribution < -0.4 is 11.4 Å². The second-order valence-corrected chi connectivity index (χ2v) is 20.4. The van der Waals surface area contributed by atoms with Crippen molar-refractivity contribution in [1.82, 2.24) is 9.55 Å².